The van der Waals surface area contributed by atoms with Crippen molar-refractivity contribution in [3.05, 3.63) is 29.8 Å². The topological polar surface area (TPSA) is 48.9 Å². The Balaban J connectivity index is 0.00000312. The Morgan fingerprint density at radius 3 is 2.48 bits per heavy atom. The SMILES string of the molecule is CN=C(NCCc1ccc(OC)cc1)NC1CN(C(C)C)CC1C.I. The van der Waals surface area contributed by atoms with Crippen molar-refractivity contribution < 1.29 is 4.74 Å². The second-order valence-electron chi connectivity index (χ2n) is 6.87. The van der Waals surface area contributed by atoms with Gasteiger partial charge in [-0.1, -0.05) is 19.1 Å². The number of benzene rings is 1. The maximum atomic E-state index is 5.19. The summed E-state index contributed by atoms with van der Waals surface area (Å²) in [7, 11) is 3.53. The van der Waals surface area contributed by atoms with Crippen LogP contribution in [0.1, 0.15) is 26.3 Å². The number of nitrogens with one attached hydrogen (secondary N) is 2. The molecule has 1 aliphatic heterocycles. The highest BCUT2D eigenvalue weighted by atomic mass is 127. The molecule has 25 heavy (non-hydrogen) atoms. The number of halogens is 1. The predicted molar refractivity (Wildman–Crippen MR) is 116 cm³/mol. The summed E-state index contributed by atoms with van der Waals surface area (Å²) in [4.78, 5) is 6.89. The maximum absolute atomic E-state index is 5.19. The van der Waals surface area contributed by atoms with E-state index in [0.29, 0.717) is 18.0 Å². The minimum absolute atomic E-state index is 0. The summed E-state index contributed by atoms with van der Waals surface area (Å²) in [6.45, 7) is 9.93. The van der Waals surface area contributed by atoms with Crippen molar-refractivity contribution in [2.75, 3.05) is 33.8 Å². The fraction of sp³-hybridized carbons (Fsp3) is 0.632. The summed E-state index contributed by atoms with van der Waals surface area (Å²) < 4.78 is 5.19. The van der Waals surface area contributed by atoms with E-state index in [2.05, 4.69) is 53.4 Å². The number of ether oxygens (including phenoxy) is 1. The van der Waals surface area contributed by atoms with Crippen LogP contribution < -0.4 is 15.4 Å². The van der Waals surface area contributed by atoms with Crippen molar-refractivity contribution in [1.29, 1.82) is 0 Å². The maximum Gasteiger partial charge on any atom is 0.191 e. The van der Waals surface area contributed by atoms with Crippen LogP contribution in [0.5, 0.6) is 5.75 Å². The average molecular weight is 460 g/mol. The number of hydrogen-bond donors (Lipinski definition) is 2. The van der Waals surface area contributed by atoms with Crippen molar-refractivity contribution in [3.8, 4) is 5.75 Å². The Labute approximate surface area is 169 Å². The van der Waals surface area contributed by atoms with Gasteiger partial charge in [-0.05, 0) is 43.9 Å². The summed E-state index contributed by atoms with van der Waals surface area (Å²) in [5.74, 6) is 2.42. The van der Waals surface area contributed by atoms with Gasteiger partial charge in [0.05, 0.1) is 7.11 Å². The highest BCUT2D eigenvalue weighted by molar-refractivity contribution is 14.0. The smallest absolute Gasteiger partial charge is 0.191 e. The zero-order valence-corrected chi connectivity index (χ0v) is 18.4. The van der Waals surface area contributed by atoms with Crippen molar-refractivity contribution in [2.24, 2.45) is 10.9 Å². The molecule has 1 heterocycles. The van der Waals surface area contributed by atoms with Gasteiger partial charge in [0.1, 0.15) is 5.75 Å². The van der Waals surface area contributed by atoms with Gasteiger partial charge in [0, 0.05) is 38.8 Å². The first-order chi connectivity index (χ1) is 11.5. The molecule has 0 spiro atoms. The summed E-state index contributed by atoms with van der Waals surface area (Å²) >= 11 is 0. The van der Waals surface area contributed by atoms with Gasteiger partial charge in [0.2, 0.25) is 0 Å². The standard InChI is InChI=1S/C19H32N4O.HI/c1-14(2)23-12-15(3)18(13-23)22-19(20-4)21-11-10-16-6-8-17(24-5)9-7-16;/h6-9,14-15,18H,10-13H2,1-5H3,(H2,20,21,22);1H. The van der Waals surface area contributed by atoms with E-state index in [1.165, 1.54) is 5.56 Å². The molecule has 0 saturated carbocycles. The number of likely N-dealkylation sites (tertiary alicyclic amines) is 1. The van der Waals surface area contributed by atoms with Crippen molar-refractivity contribution in [2.45, 2.75) is 39.3 Å². The predicted octanol–water partition coefficient (Wildman–Crippen LogP) is 2.75. The highest BCUT2D eigenvalue weighted by Gasteiger charge is 2.31. The second kappa shape index (κ2) is 10.9. The molecule has 0 radical (unpaired) electrons. The van der Waals surface area contributed by atoms with E-state index in [1.54, 1.807) is 7.11 Å². The molecule has 2 unspecified atom stereocenters. The number of aliphatic imine (C=N–C) groups is 1. The zero-order valence-electron chi connectivity index (χ0n) is 16.1. The van der Waals surface area contributed by atoms with Crippen LogP contribution >= 0.6 is 24.0 Å². The molecule has 0 amide bonds. The van der Waals surface area contributed by atoms with Crippen molar-refractivity contribution in [3.63, 3.8) is 0 Å². The summed E-state index contributed by atoms with van der Waals surface area (Å²) in [5, 5.41) is 7.01. The Hall–Kier alpha value is -1.02. The first-order valence-corrected chi connectivity index (χ1v) is 8.87. The van der Waals surface area contributed by atoms with Crippen LogP contribution in [0, 0.1) is 5.92 Å². The van der Waals surface area contributed by atoms with Gasteiger partial charge in [-0.15, -0.1) is 24.0 Å². The minimum Gasteiger partial charge on any atom is -0.497 e. The van der Waals surface area contributed by atoms with Gasteiger partial charge in [-0.3, -0.25) is 9.89 Å². The third-order valence-electron chi connectivity index (χ3n) is 4.78. The molecule has 2 rings (SSSR count). The molecule has 1 aromatic rings. The van der Waals surface area contributed by atoms with Crippen LogP contribution in [0.2, 0.25) is 0 Å². The van der Waals surface area contributed by atoms with Crippen LogP contribution in [0.25, 0.3) is 0 Å². The first-order valence-electron chi connectivity index (χ1n) is 8.87. The van der Waals surface area contributed by atoms with Gasteiger partial charge in [-0.25, -0.2) is 0 Å². The molecule has 142 valence electrons. The Morgan fingerprint density at radius 1 is 1.28 bits per heavy atom. The molecular weight excluding hydrogens is 427 g/mol. The number of guanidine groups is 1. The van der Waals surface area contributed by atoms with Gasteiger partial charge in [-0.2, -0.15) is 0 Å². The minimum atomic E-state index is 0. The monoisotopic (exact) mass is 460 g/mol. The summed E-state index contributed by atoms with van der Waals surface area (Å²) in [6.07, 6.45) is 0.961. The van der Waals surface area contributed by atoms with E-state index in [9.17, 15) is 0 Å². The van der Waals surface area contributed by atoms with Crippen LogP contribution in [-0.2, 0) is 6.42 Å². The number of hydrogen-bond acceptors (Lipinski definition) is 3. The van der Waals surface area contributed by atoms with Crippen LogP contribution in [0.3, 0.4) is 0 Å². The molecule has 2 atom stereocenters. The molecule has 0 aromatic heterocycles. The van der Waals surface area contributed by atoms with Gasteiger partial charge < -0.3 is 15.4 Å². The molecule has 1 fully saturated rings. The van der Waals surface area contributed by atoms with Gasteiger partial charge >= 0.3 is 0 Å². The number of rotatable bonds is 6. The van der Waals surface area contributed by atoms with Crippen LogP contribution in [-0.4, -0.2) is 56.7 Å². The summed E-state index contributed by atoms with van der Waals surface area (Å²) in [5.41, 5.74) is 1.29. The molecule has 0 bridgehead atoms. The average Bonchev–Trinajstić information content (AvgIpc) is 2.95. The lowest BCUT2D eigenvalue weighted by atomic mass is 10.1. The lowest BCUT2D eigenvalue weighted by molar-refractivity contribution is 0.265. The molecule has 1 aromatic carbocycles. The van der Waals surface area contributed by atoms with E-state index >= 15 is 0 Å². The van der Waals surface area contributed by atoms with Gasteiger partial charge in [0.15, 0.2) is 5.96 Å². The fourth-order valence-electron chi connectivity index (χ4n) is 3.10. The largest absolute Gasteiger partial charge is 0.497 e. The number of methoxy groups -OCH3 is 1. The first kappa shape index (κ1) is 22.0. The molecule has 5 nitrogen and oxygen atoms in total. The highest BCUT2D eigenvalue weighted by Crippen LogP contribution is 2.18. The zero-order chi connectivity index (χ0) is 17.5. The van der Waals surface area contributed by atoms with E-state index in [0.717, 1.165) is 37.8 Å². The lowest BCUT2D eigenvalue weighted by Crippen LogP contribution is -2.47. The Bertz CT molecular complexity index is 533. The third kappa shape index (κ3) is 6.66. The normalized spacial score (nSPS) is 21.1. The lowest BCUT2D eigenvalue weighted by Gasteiger charge is -2.22. The molecule has 2 N–H and O–H groups in total. The van der Waals surface area contributed by atoms with E-state index in [1.807, 2.05) is 19.2 Å². The summed E-state index contributed by atoms with van der Waals surface area (Å²) in [6, 6.07) is 9.28. The number of nitrogens with zero attached hydrogens (tertiary/aromatic N) is 2. The Kier molecular flexibility index (Phi) is 9.56. The molecular formula is C19H33IN4O. The molecule has 6 heteroatoms. The van der Waals surface area contributed by atoms with E-state index in [-0.39, 0.29) is 24.0 Å². The quantitative estimate of drug-likeness (QED) is 0.390. The van der Waals surface area contributed by atoms with Crippen molar-refractivity contribution >= 4 is 29.9 Å². The molecule has 0 aliphatic carbocycles. The fourth-order valence-corrected chi connectivity index (χ4v) is 3.10. The third-order valence-corrected chi connectivity index (χ3v) is 4.78. The van der Waals surface area contributed by atoms with Crippen LogP contribution in [0.15, 0.2) is 29.3 Å². The molecule has 1 aliphatic rings. The second-order valence-corrected chi connectivity index (χ2v) is 6.87. The van der Waals surface area contributed by atoms with Gasteiger partial charge in [0.25, 0.3) is 0 Å². The molecule has 1 saturated heterocycles. The van der Waals surface area contributed by atoms with Crippen molar-refractivity contribution in [1.82, 2.24) is 15.5 Å². The van der Waals surface area contributed by atoms with E-state index in [4.69, 9.17) is 4.74 Å². The van der Waals surface area contributed by atoms with E-state index < -0.39 is 0 Å². The Morgan fingerprint density at radius 2 is 1.96 bits per heavy atom. The van der Waals surface area contributed by atoms with Crippen LogP contribution in [0.4, 0.5) is 0 Å².